The Kier molecular flexibility index (Phi) is 12.1. The molecular formula is C25H38N2O2. The van der Waals surface area contributed by atoms with Crippen molar-refractivity contribution in [2.24, 2.45) is 0 Å². The molecule has 4 heteroatoms. The van der Waals surface area contributed by atoms with E-state index in [-0.39, 0.29) is 6.61 Å². The van der Waals surface area contributed by atoms with Gasteiger partial charge in [-0.1, -0.05) is 82.6 Å². The number of rotatable bonds is 16. The predicted molar refractivity (Wildman–Crippen MR) is 120 cm³/mol. The molecule has 0 amide bonds. The Morgan fingerprint density at radius 1 is 0.759 bits per heavy atom. The molecule has 1 heterocycles. The van der Waals surface area contributed by atoms with Gasteiger partial charge in [0.25, 0.3) is 0 Å². The number of aliphatic hydroxyl groups excluding tert-OH is 1. The number of unbranched alkanes of at least 4 members (excludes halogenated alkanes) is 9. The first-order valence-electron chi connectivity index (χ1n) is 11.5. The van der Waals surface area contributed by atoms with Crippen LogP contribution in [-0.4, -0.2) is 28.3 Å². The van der Waals surface area contributed by atoms with E-state index in [0.717, 1.165) is 55.8 Å². The predicted octanol–water partition coefficient (Wildman–Crippen LogP) is 6.37. The quantitative estimate of drug-likeness (QED) is 0.334. The van der Waals surface area contributed by atoms with E-state index < -0.39 is 0 Å². The molecule has 0 bridgehead atoms. The number of aryl methyl sites for hydroxylation is 1. The average molecular weight is 399 g/mol. The first-order chi connectivity index (χ1) is 14.3. The van der Waals surface area contributed by atoms with E-state index in [1.807, 2.05) is 0 Å². The van der Waals surface area contributed by atoms with E-state index in [9.17, 15) is 0 Å². The Balaban J connectivity index is 1.65. The summed E-state index contributed by atoms with van der Waals surface area (Å²) < 4.78 is 5.78. The summed E-state index contributed by atoms with van der Waals surface area (Å²) >= 11 is 0. The van der Waals surface area contributed by atoms with Gasteiger partial charge in [0, 0.05) is 12.2 Å². The van der Waals surface area contributed by atoms with Crippen LogP contribution in [0.5, 0.6) is 5.75 Å². The van der Waals surface area contributed by atoms with Gasteiger partial charge in [0.1, 0.15) is 0 Å². The summed E-state index contributed by atoms with van der Waals surface area (Å²) in [4.78, 5) is 8.92. The number of hydrogen-bond acceptors (Lipinski definition) is 4. The van der Waals surface area contributed by atoms with Gasteiger partial charge in [0.15, 0.2) is 11.6 Å². The Bertz CT molecular complexity index is 641. The standard InChI is InChI=1S/C25H38N2O2/c1-2-3-4-5-6-7-8-12-19-29-24-20-26-25(27-21-24)23-16-14-22(15-17-23)13-10-9-11-18-28/h14-17,20-21,28H,2-13,18-19H2,1H3. The summed E-state index contributed by atoms with van der Waals surface area (Å²) in [7, 11) is 0. The van der Waals surface area contributed by atoms with Gasteiger partial charge in [-0.3, -0.25) is 0 Å². The summed E-state index contributed by atoms with van der Waals surface area (Å²) in [6.45, 7) is 3.28. The van der Waals surface area contributed by atoms with Gasteiger partial charge in [-0.15, -0.1) is 0 Å². The van der Waals surface area contributed by atoms with Gasteiger partial charge in [-0.05, 0) is 31.2 Å². The van der Waals surface area contributed by atoms with Crippen LogP contribution in [-0.2, 0) is 6.42 Å². The van der Waals surface area contributed by atoms with Crippen molar-refractivity contribution in [1.82, 2.24) is 9.97 Å². The Labute approximate surface area is 176 Å². The third kappa shape index (κ3) is 9.89. The van der Waals surface area contributed by atoms with Crippen molar-refractivity contribution in [2.45, 2.75) is 84.0 Å². The van der Waals surface area contributed by atoms with E-state index in [0.29, 0.717) is 0 Å². The van der Waals surface area contributed by atoms with Crippen LogP contribution < -0.4 is 4.74 Å². The number of ether oxygens (including phenoxy) is 1. The Morgan fingerprint density at radius 3 is 2.03 bits per heavy atom. The molecule has 2 aromatic rings. The van der Waals surface area contributed by atoms with E-state index in [4.69, 9.17) is 9.84 Å². The zero-order chi connectivity index (χ0) is 20.6. The minimum atomic E-state index is 0.287. The molecule has 0 unspecified atom stereocenters. The lowest BCUT2D eigenvalue weighted by molar-refractivity contribution is 0.283. The lowest BCUT2D eigenvalue weighted by Crippen LogP contribution is -1.99. The molecule has 0 spiro atoms. The molecule has 1 aromatic heterocycles. The molecule has 160 valence electrons. The highest BCUT2D eigenvalue weighted by molar-refractivity contribution is 5.55. The first-order valence-corrected chi connectivity index (χ1v) is 11.5. The van der Waals surface area contributed by atoms with Gasteiger partial charge < -0.3 is 9.84 Å². The number of benzene rings is 1. The molecule has 0 radical (unpaired) electrons. The van der Waals surface area contributed by atoms with Gasteiger partial charge in [-0.2, -0.15) is 0 Å². The number of aliphatic hydroxyl groups is 1. The molecule has 1 N–H and O–H groups in total. The minimum Gasteiger partial charge on any atom is -0.490 e. The fraction of sp³-hybridized carbons (Fsp3) is 0.600. The summed E-state index contributed by atoms with van der Waals surface area (Å²) in [5.74, 6) is 1.48. The van der Waals surface area contributed by atoms with Crippen LogP contribution >= 0.6 is 0 Å². The van der Waals surface area contributed by atoms with Crippen LogP contribution in [0.15, 0.2) is 36.7 Å². The third-order valence-corrected chi connectivity index (χ3v) is 5.23. The summed E-state index contributed by atoms with van der Waals surface area (Å²) in [6.07, 6.45) is 18.1. The fourth-order valence-electron chi connectivity index (χ4n) is 3.40. The lowest BCUT2D eigenvalue weighted by atomic mass is 10.1. The van der Waals surface area contributed by atoms with Gasteiger partial charge in [0.2, 0.25) is 0 Å². The van der Waals surface area contributed by atoms with E-state index in [1.165, 1.54) is 50.5 Å². The second-order valence-electron chi connectivity index (χ2n) is 7.80. The van der Waals surface area contributed by atoms with Crippen molar-refractivity contribution < 1.29 is 9.84 Å². The highest BCUT2D eigenvalue weighted by Crippen LogP contribution is 2.18. The first kappa shape index (κ1) is 23.3. The number of aromatic nitrogens is 2. The second-order valence-corrected chi connectivity index (χ2v) is 7.80. The molecule has 0 aliphatic carbocycles. The minimum absolute atomic E-state index is 0.287. The molecule has 0 aliphatic heterocycles. The largest absolute Gasteiger partial charge is 0.490 e. The van der Waals surface area contributed by atoms with E-state index >= 15 is 0 Å². The Morgan fingerprint density at radius 2 is 1.38 bits per heavy atom. The summed E-state index contributed by atoms with van der Waals surface area (Å²) in [5.41, 5.74) is 2.34. The SMILES string of the molecule is CCCCCCCCCCOc1cnc(-c2ccc(CCCCCO)cc2)nc1. The maximum Gasteiger partial charge on any atom is 0.159 e. The molecule has 0 fully saturated rings. The van der Waals surface area contributed by atoms with Crippen molar-refractivity contribution in [3.05, 3.63) is 42.2 Å². The van der Waals surface area contributed by atoms with Crippen LogP contribution in [0.25, 0.3) is 11.4 Å². The van der Waals surface area contributed by atoms with Crippen LogP contribution in [0.2, 0.25) is 0 Å². The van der Waals surface area contributed by atoms with Crippen molar-refractivity contribution in [2.75, 3.05) is 13.2 Å². The van der Waals surface area contributed by atoms with Gasteiger partial charge >= 0.3 is 0 Å². The molecule has 1 aromatic carbocycles. The normalized spacial score (nSPS) is 11.0. The highest BCUT2D eigenvalue weighted by Gasteiger charge is 2.03. The molecule has 0 saturated heterocycles. The van der Waals surface area contributed by atoms with Crippen molar-refractivity contribution >= 4 is 0 Å². The molecule has 2 rings (SSSR count). The van der Waals surface area contributed by atoms with Crippen LogP contribution in [0, 0.1) is 0 Å². The topological polar surface area (TPSA) is 55.2 Å². The zero-order valence-electron chi connectivity index (χ0n) is 18.1. The molecule has 0 saturated carbocycles. The molecule has 0 aliphatic rings. The van der Waals surface area contributed by atoms with E-state index in [1.54, 1.807) is 12.4 Å². The Hall–Kier alpha value is -1.94. The van der Waals surface area contributed by atoms with Crippen LogP contribution in [0.3, 0.4) is 0 Å². The summed E-state index contributed by atoms with van der Waals surface area (Å²) in [5, 5.41) is 8.84. The van der Waals surface area contributed by atoms with Crippen molar-refractivity contribution in [1.29, 1.82) is 0 Å². The fourth-order valence-corrected chi connectivity index (χ4v) is 3.40. The van der Waals surface area contributed by atoms with Gasteiger partial charge in [-0.25, -0.2) is 9.97 Å². The van der Waals surface area contributed by atoms with Crippen molar-refractivity contribution in [3.8, 4) is 17.1 Å². The number of nitrogens with zero attached hydrogens (tertiary/aromatic N) is 2. The molecule has 29 heavy (non-hydrogen) atoms. The average Bonchev–Trinajstić information content (AvgIpc) is 2.76. The third-order valence-electron chi connectivity index (χ3n) is 5.23. The maximum atomic E-state index is 8.84. The molecule has 4 nitrogen and oxygen atoms in total. The number of hydrogen-bond donors (Lipinski definition) is 1. The van der Waals surface area contributed by atoms with E-state index in [2.05, 4.69) is 41.2 Å². The highest BCUT2D eigenvalue weighted by atomic mass is 16.5. The van der Waals surface area contributed by atoms with Crippen LogP contribution in [0.4, 0.5) is 0 Å². The lowest BCUT2D eigenvalue weighted by Gasteiger charge is -2.07. The van der Waals surface area contributed by atoms with Gasteiger partial charge in [0.05, 0.1) is 19.0 Å². The maximum absolute atomic E-state index is 8.84. The summed E-state index contributed by atoms with van der Waals surface area (Å²) in [6, 6.07) is 8.45. The zero-order valence-corrected chi connectivity index (χ0v) is 18.1. The smallest absolute Gasteiger partial charge is 0.159 e. The molecular weight excluding hydrogens is 360 g/mol. The van der Waals surface area contributed by atoms with Crippen LogP contribution in [0.1, 0.15) is 83.1 Å². The van der Waals surface area contributed by atoms with Crippen molar-refractivity contribution in [3.63, 3.8) is 0 Å². The second kappa shape index (κ2) is 15.0. The molecule has 0 atom stereocenters. The monoisotopic (exact) mass is 398 g/mol.